The Kier molecular flexibility index (Phi) is 4.17. The van der Waals surface area contributed by atoms with Crippen LogP contribution in [0, 0.1) is 23.6 Å². The predicted molar refractivity (Wildman–Crippen MR) is 90.0 cm³/mol. The van der Waals surface area contributed by atoms with Gasteiger partial charge in [-0.25, -0.2) is 4.39 Å². The molecule has 1 aromatic carbocycles. The highest BCUT2D eigenvalue weighted by Crippen LogP contribution is 2.43. The quantitative estimate of drug-likeness (QED) is 0.862. The number of carbonyl (C=O) groups excluding carboxylic acids is 1. The summed E-state index contributed by atoms with van der Waals surface area (Å²) in [6.07, 6.45) is 8.30. The number of ether oxygens (including phenoxy) is 1. The normalized spacial score (nSPS) is 30.5. The Labute approximate surface area is 142 Å². The Morgan fingerprint density at radius 2 is 1.92 bits per heavy atom. The second kappa shape index (κ2) is 6.32. The molecule has 4 heteroatoms. The van der Waals surface area contributed by atoms with Crippen molar-refractivity contribution in [2.24, 2.45) is 17.8 Å². The van der Waals surface area contributed by atoms with E-state index < -0.39 is 0 Å². The van der Waals surface area contributed by atoms with E-state index in [0.29, 0.717) is 31.6 Å². The van der Waals surface area contributed by atoms with Crippen LogP contribution in [0.4, 0.5) is 4.39 Å². The molecule has 1 aliphatic heterocycles. The third-order valence-electron chi connectivity index (χ3n) is 6.12. The van der Waals surface area contributed by atoms with E-state index in [4.69, 9.17) is 4.74 Å². The second-order valence-corrected chi connectivity index (χ2v) is 7.50. The van der Waals surface area contributed by atoms with Gasteiger partial charge < -0.3 is 10.1 Å². The third-order valence-corrected chi connectivity index (χ3v) is 6.12. The van der Waals surface area contributed by atoms with Crippen molar-refractivity contribution < 1.29 is 13.9 Å². The minimum absolute atomic E-state index is 0.130. The van der Waals surface area contributed by atoms with Gasteiger partial charge in [0.2, 0.25) is 5.91 Å². The van der Waals surface area contributed by atoms with Crippen molar-refractivity contribution in [3.8, 4) is 0 Å². The molecule has 3 nitrogen and oxygen atoms in total. The number of carbonyl (C=O) groups is 1. The zero-order valence-corrected chi connectivity index (χ0v) is 13.8. The molecule has 2 bridgehead atoms. The van der Waals surface area contributed by atoms with Crippen molar-refractivity contribution in [1.29, 1.82) is 0 Å². The van der Waals surface area contributed by atoms with Crippen molar-refractivity contribution in [3.63, 3.8) is 0 Å². The molecule has 1 heterocycles. The molecule has 128 valence electrons. The summed E-state index contributed by atoms with van der Waals surface area (Å²) in [7, 11) is 0. The molecule has 1 N–H and O–H groups in total. The van der Waals surface area contributed by atoms with Crippen LogP contribution in [-0.4, -0.2) is 25.7 Å². The van der Waals surface area contributed by atoms with Crippen molar-refractivity contribution in [3.05, 3.63) is 47.8 Å². The predicted octanol–water partition coefficient (Wildman–Crippen LogP) is 3.20. The minimum atomic E-state index is -0.223. The first-order valence-electron chi connectivity index (χ1n) is 8.96. The van der Waals surface area contributed by atoms with Crippen molar-refractivity contribution in [2.75, 3.05) is 19.8 Å². The van der Waals surface area contributed by atoms with Crippen LogP contribution in [0.2, 0.25) is 0 Å². The number of amides is 1. The molecule has 3 atom stereocenters. The topological polar surface area (TPSA) is 38.3 Å². The van der Waals surface area contributed by atoms with E-state index >= 15 is 0 Å². The fourth-order valence-corrected chi connectivity index (χ4v) is 4.60. The molecule has 2 fully saturated rings. The lowest BCUT2D eigenvalue weighted by Crippen LogP contribution is -2.46. The molecule has 0 aromatic heterocycles. The molecule has 0 spiro atoms. The van der Waals surface area contributed by atoms with E-state index in [1.807, 2.05) is 12.1 Å². The lowest BCUT2D eigenvalue weighted by Gasteiger charge is -2.38. The molecular formula is C20H24FNO2. The molecule has 1 aromatic rings. The van der Waals surface area contributed by atoms with Crippen LogP contribution in [0.1, 0.15) is 31.2 Å². The van der Waals surface area contributed by atoms with Crippen LogP contribution < -0.4 is 5.32 Å². The van der Waals surface area contributed by atoms with Crippen LogP contribution in [-0.2, 0) is 14.9 Å². The van der Waals surface area contributed by atoms with Crippen LogP contribution in [0.3, 0.4) is 0 Å². The summed E-state index contributed by atoms with van der Waals surface area (Å²) in [5, 5.41) is 3.21. The largest absolute Gasteiger partial charge is 0.381 e. The Balaban J connectivity index is 1.47. The van der Waals surface area contributed by atoms with E-state index in [1.165, 1.54) is 12.1 Å². The molecule has 3 unspecified atom stereocenters. The zero-order chi connectivity index (χ0) is 16.6. The van der Waals surface area contributed by atoms with Gasteiger partial charge in [-0.3, -0.25) is 4.79 Å². The molecule has 1 amide bonds. The SMILES string of the molecule is O=C(NCC1(c2ccc(F)cc2)CCOCC1)C1CC2C=CC1C2. The van der Waals surface area contributed by atoms with Gasteiger partial charge in [-0.05, 0) is 55.2 Å². The van der Waals surface area contributed by atoms with Gasteiger partial charge in [-0.15, -0.1) is 0 Å². The number of nitrogens with one attached hydrogen (secondary N) is 1. The Morgan fingerprint density at radius 1 is 1.17 bits per heavy atom. The molecule has 1 saturated heterocycles. The van der Waals surface area contributed by atoms with Gasteiger partial charge in [0, 0.05) is 31.1 Å². The number of hydrogen-bond acceptors (Lipinski definition) is 2. The van der Waals surface area contributed by atoms with Crippen LogP contribution >= 0.6 is 0 Å². The first-order chi connectivity index (χ1) is 11.7. The fraction of sp³-hybridized carbons (Fsp3) is 0.550. The van der Waals surface area contributed by atoms with Gasteiger partial charge in [-0.1, -0.05) is 24.3 Å². The maximum absolute atomic E-state index is 13.3. The van der Waals surface area contributed by atoms with Gasteiger partial charge in [0.15, 0.2) is 0 Å². The molecule has 1 saturated carbocycles. The first kappa shape index (κ1) is 15.8. The average Bonchev–Trinajstić information content (AvgIpc) is 3.24. The molecule has 0 radical (unpaired) electrons. The summed E-state index contributed by atoms with van der Waals surface area (Å²) in [6, 6.07) is 6.73. The number of benzene rings is 1. The van der Waals surface area contributed by atoms with E-state index in [2.05, 4.69) is 17.5 Å². The Hall–Kier alpha value is -1.68. The lowest BCUT2D eigenvalue weighted by molar-refractivity contribution is -0.126. The van der Waals surface area contributed by atoms with E-state index in [1.54, 1.807) is 0 Å². The highest BCUT2D eigenvalue weighted by atomic mass is 19.1. The Bertz CT molecular complexity index is 634. The van der Waals surface area contributed by atoms with Gasteiger partial charge >= 0.3 is 0 Å². The van der Waals surface area contributed by atoms with E-state index in [0.717, 1.165) is 31.2 Å². The van der Waals surface area contributed by atoms with Crippen LogP contribution in [0.15, 0.2) is 36.4 Å². The number of hydrogen-bond donors (Lipinski definition) is 1. The average molecular weight is 329 g/mol. The van der Waals surface area contributed by atoms with Crippen molar-refractivity contribution in [1.82, 2.24) is 5.32 Å². The lowest BCUT2D eigenvalue weighted by atomic mass is 9.74. The van der Waals surface area contributed by atoms with Gasteiger partial charge in [0.25, 0.3) is 0 Å². The fourth-order valence-electron chi connectivity index (χ4n) is 4.60. The van der Waals surface area contributed by atoms with Gasteiger partial charge in [-0.2, -0.15) is 0 Å². The van der Waals surface area contributed by atoms with Crippen LogP contribution in [0.25, 0.3) is 0 Å². The minimum Gasteiger partial charge on any atom is -0.381 e. The van der Waals surface area contributed by atoms with E-state index in [-0.39, 0.29) is 23.1 Å². The highest BCUT2D eigenvalue weighted by molar-refractivity contribution is 5.80. The zero-order valence-electron chi connectivity index (χ0n) is 13.8. The second-order valence-electron chi connectivity index (χ2n) is 7.50. The molecule has 4 rings (SSSR count). The summed E-state index contributed by atoms with van der Waals surface area (Å²) >= 11 is 0. The van der Waals surface area contributed by atoms with Gasteiger partial charge in [0.05, 0.1) is 0 Å². The number of allylic oxidation sites excluding steroid dienone is 2. The first-order valence-corrected chi connectivity index (χ1v) is 8.96. The summed E-state index contributed by atoms with van der Waals surface area (Å²) in [6.45, 7) is 1.98. The molecule has 3 aliphatic rings. The smallest absolute Gasteiger partial charge is 0.223 e. The molecule has 24 heavy (non-hydrogen) atoms. The maximum Gasteiger partial charge on any atom is 0.223 e. The number of fused-ring (bicyclic) bond motifs is 2. The number of halogens is 1. The Morgan fingerprint density at radius 3 is 2.54 bits per heavy atom. The monoisotopic (exact) mass is 329 g/mol. The van der Waals surface area contributed by atoms with Crippen molar-refractivity contribution >= 4 is 5.91 Å². The summed E-state index contributed by atoms with van der Waals surface area (Å²) in [5.41, 5.74) is 0.954. The third kappa shape index (κ3) is 2.88. The summed E-state index contributed by atoms with van der Waals surface area (Å²) in [4.78, 5) is 12.7. The molecule has 2 aliphatic carbocycles. The van der Waals surface area contributed by atoms with E-state index in [9.17, 15) is 9.18 Å². The summed E-state index contributed by atoms with van der Waals surface area (Å²) < 4.78 is 18.8. The van der Waals surface area contributed by atoms with Gasteiger partial charge in [0.1, 0.15) is 5.82 Å². The summed E-state index contributed by atoms with van der Waals surface area (Å²) in [5.74, 6) is 1.11. The number of rotatable bonds is 4. The standard InChI is InChI=1S/C20H24FNO2/c21-17-5-3-16(4-6-17)20(7-9-24-10-8-20)13-22-19(23)18-12-14-1-2-15(18)11-14/h1-6,14-15,18H,7-13H2,(H,22,23). The molecular weight excluding hydrogens is 305 g/mol. The highest BCUT2D eigenvalue weighted by Gasteiger charge is 2.41. The van der Waals surface area contributed by atoms with Crippen LogP contribution in [0.5, 0.6) is 0 Å². The van der Waals surface area contributed by atoms with Crippen molar-refractivity contribution in [2.45, 2.75) is 31.1 Å². The maximum atomic E-state index is 13.3.